The first-order chi connectivity index (χ1) is 12.8. The predicted molar refractivity (Wildman–Crippen MR) is 96.7 cm³/mol. The van der Waals surface area contributed by atoms with Crippen molar-refractivity contribution in [1.82, 2.24) is 4.90 Å². The van der Waals surface area contributed by atoms with Crippen LogP contribution in [-0.4, -0.2) is 35.6 Å². The molecule has 3 rings (SSSR count). The molecule has 2 aromatic carbocycles. The zero-order valence-corrected chi connectivity index (χ0v) is 15.6. The number of rotatable bonds is 4. The van der Waals surface area contributed by atoms with E-state index in [1.807, 2.05) is 0 Å². The number of aliphatic hydroxyl groups excluding tert-OH is 1. The Labute approximate surface area is 164 Å². The topological polar surface area (TPSA) is 40.5 Å². The quantitative estimate of drug-likeness (QED) is 0.739. The molecule has 1 aliphatic heterocycles. The second-order valence-electron chi connectivity index (χ2n) is 6.61. The molecule has 1 N–H and O–H groups in total. The molecule has 1 amide bonds. The molecule has 0 spiro atoms. The summed E-state index contributed by atoms with van der Waals surface area (Å²) in [6, 6.07) is 6.51. The number of halogens is 5. The molecular formula is C19H16Cl2F3NO2. The average Bonchev–Trinajstić information content (AvgIpc) is 3.06. The number of hydrogen-bond acceptors (Lipinski definition) is 2. The molecule has 144 valence electrons. The van der Waals surface area contributed by atoms with E-state index in [4.69, 9.17) is 23.2 Å². The Hall–Kier alpha value is -1.76. The number of amides is 1. The molecule has 0 aliphatic carbocycles. The molecule has 1 unspecified atom stereocenters. The number of nitrogens with zero attached hydrogens (tertiary/aromatic N) is 1. The van der Waals surface area contributed by atoms with Crippen molar-refractivity contribution in [3.63, 3.8) is 0 Å². The summed E-state index contributed by atoms with van der Waals surface area (Å²) in [6.07, 6.45) is 0.907. The van der Waals surface area contributed by atoms with Gasteiger partial charge in [0.15, 0.2) is 17.5 Å². The highest BCUT2D eigenvalue weighted by molar-refractivity contribution is 6.42. The Morgan fingerprint density at radius 3 is 2.37 bits per heavy atom. The molecule has 0 radical (unpaired) electrons. The fourth-order valence-electron chi connectivity index (χ4n) is 3.53. The number of carbonyl (C=O) groups excluding carboxylic acids is 1. The molecule has 1 saturated heterocycles. The van der Waals surface area contributed by atoms with Crippen molar-refractivity contribution < 1.29 is 23.1 Å². The van der Waals surface area contributed by atoms with Crippen LogP contribution in [-0.2, 0) is 5.41 Å². The van der Waals surface area contributed by atoms with E-state index < -0.39 is 28.8 Å². The van der Waals surface area contributed by atoms with Crippen molar-refractivity contribution in [1.29, 1.82) is 0 Å². The number of carbonyl (C=O) groups is 1. The zero-order valence-electron chi connectivity index (χ0n) is 14.1. The number of hydrogen-bond donors (Lipinski definition) is 1. The Bertz CT molecular complexity index is 870. The predicted octanol–water partition coefficient (Wildman–Crippen LogP) is 4.58. The van der Waals surface area contributed by atoms with Gasteiger partial charge in [-0.15, -0.1) is 0 Å². The first-order valence-corrected chi connectivity index (χ1v) is 9.03. The maximum Gasteiger partial charge on any atom is 0.254 e. The van der Waals surface area contributed by atoms with Crippen molar-refractivity contribution in [2.75, 3.05) is 19.7 Å². The molecule has 2 aromatic rings. The summed E-state index contributed by atoms with van der Waals surface area (Å²) >= 11 is 12.1. The van der Waals surface area contributed by atoms with Crippen LogP contribution >= 0.6 is 23.2 Å². The fourth-order valence-corrected chi connectivity index (χ4v) is 3.83. The van der Waals surface area contributed by atoms with Crippen LogP contribution in [0.15, 0.2) is 30.3 Å². The summed E-state index contributed by atoms with van der Waals surface area (Å²) in [4.78, 5) is 14.1. The van der Waals surface area contributed by atoms with E-state index in [1.54, 1.807) is 18.2 Å². The lowest BCUT2D eigenvalue weighted by molar-refractivity contribution is 0.0778. The van der Waals surface area contributed by atoms with E-state index in [-0.39, 0.29) is 18.7 Å². The van der Waals surface area contributed by atoms with Crippen LogP contribution in [0.25, 0.3) is 0 Å². The van der Waals surface area contributed by atoms with Crippen LogP contribution in [0.4, 0.5) is 13.2 Å². The second kappa shape index (κ2) is 7.70. The zero-order chi connectivity index (χ0) is 19.8. The van der Waals surface area contributed by atoms with Crippen molar-refractivity contribution in [3.8, 4) is 0 Å². The molecule has 8 heteroatoms. The smallest absolute Gasteiger partial charge is 0.254 e. The van der Waals surface area contributed by atoms with Gasteiger partial charge in [0.1, 0.15) is 0 Å². The Morgan fingerprint density at radius 1 is 1.11 bits per heavy atom. The summed E-state index contributed by atoms with van der Waals surface area (Å²) in [5, 5.41) is 10.3. The highest BCUT2D eigenvalue weighted by atomic mass is 35.5. The van der Waals surface area contributed by atoms with Crippen LogP contribution < -0.4 is 0 Å². The van der Waals surface area contributed by atoms with E-state index in [2.05, 4.69) is 0 Å². The molecule has 0 aromatic heterocycles. The van der Waals surface area contributed by atoms with E-state index >= 15 is 0 Å². The van der Waals surface area contributed by atoms with E-state index in [1.165, 1.54) is 4.90 Å². The van der Waals surface area contributed by atoms with Gasteiger partial charge in [0, 0.05) is 30.7 Å². The van der Waals surface area contributed by atoms with Gasteiger partial charge in [-0.05, 0) is 42.7 Å². The van der Waals surface area contributed by atoms with Gasteiger partial charge in [0.2, 0.25) is 0 Å². The van der Waals surface area contributed by atoms with Gasteiger partial charge in [0.05, 0.1) is 10.0 Å². The highest BCUT2D eigenvalue weighted by Crippen LogP contribution is 2.40. The highest BCUT2D eigenvalue weighted by Gasteiger charge is 2.41. The van der Waals surface area contributed by atoms with Crippen LogP contribution in [0.1, 0.15) is 28.8 Å². The summed E-state index contributed by atoms with van der Waals surface area (Å²) < 4.78 is 40.1. The monoisotopic (exact) mass is 417 g/mol. The molecule has 3 nitrogen and oxygen atoms in total. The van der Waals surface area contributed by atoms with Gasteiger partial charge in [-0.2, -0.15) is 0 Å². The summed E-state index contributed by atoms with van der Waals surface area (Å²) in [6.45, 7) is 0.437. The van der Waals surface area contributed by atoms with Crippen molar-refractivity contribution >= 4 is 29.1 Å². The van der Waals surface area contributed by atoms with Gasteiger partial charge in [-0.1, -0.05) is 29.3 Å². The minimum Gasteiger partial charge on any atom is -0.396 e. The van der Waals surface area contributed by atoms with E-state index in [0.717, 1.165) is 5.56 Å². The first kappa shape index (κ1) is 20.0. The van der Waals surface area contributed by atoms with E-state index in [9.17, 15) is 23.1 Å². The van der Waals surface area contributed by atoms with Crippen molar-refractivity contribution in [2.24, 2.45) is 0 Å². The van der Waals surface area contributed by atoms with Gasteiger partial charge in [-0.3, -0.25) is 4.79 Å². The first-order valence-electron chi connectivity index (χ1n) is 8.27. The normalized spacial score (nSPS) is 19.6. The lowest BCUT2D eigenvalue weighted by Crippen LogP contribution is -2.35. The maximum absolute atomic E-state index is 13.5. The third-order valence-corrected chi connectivity index (χ3v) is 5.73. The van der Waals surface area contributed by atoms with E-state index in [0.29, 0.717) is 41.6 Å². The van der Waals surface area contributed by atoms with Crippen LogP contribution in [0.3, 0.4) is 0 Å². The van der Waals surface area contributed by atoms with Crippen LogP contribution in [0.5, 0.6) is 0 Å². The molecule has 1 heterocycles. The van der Waals surface area contributed by atoms with Gasteiger partial charge in [-0.25, -0.2) is 13.2 Å². The van der Waals surface area contributed by atoms with Gasteiger partial charge in [0.25, 0.3) is 5.91 Å². The minimum absolute atomic E-state index is 0.109. The standard InChI is InChI=1S/C19H16Cl2F3NO2/c20-13-2-1-12(9-14(13)21)19(4-6-26)3-5-25(10-19)18(27)11-7-15(22)17(24)16(23)8-11/h1-2,7-9,26H,3-6,10H2. The molecule has 1 aliphatic rings. The maximum atomic E-state index is 13.5. The second-order valence-corrected chi connectivity index (χ2v) is 7.43. The molecular weight excluding hydrogens is 402 g/mol. The lowest BCUT2D eigenvalue weighted by atomic mass is 9.77. The van der Waals surface area contributed by atoms with Crippen molar-refractivity contribution in [2.45, 2.75) is 18.3 Å². The minimum atomic E-state index is -1.61. The van der Waals surface area contributed by atoms with Gasteiger partial charge < -0.3 is 10.0 Å². The Balaban J connectivity index is 1.90. The van der Waals surface area contributed by atoms with Crippen LogP contribution in [0, 0.1) is 17.5 Å². The summed E-state index contributed by atoms with van der Waals surface area (Å²) in [5.41, 5.74) is -0.00601. The van der Waals surface area contributed by atoms with Crippen molar-refractivity contribution in [3.05, 3.63) is 69.0 Å². The van der Waals surface area contributed by atoms with Crippen LogP contribution in [0.2, 0.25) is 10.0 Å². The molecule has 1 fully saturated rings. The average molecular weight is 418 g/mol. The SMILES string of the molecule is O=C(c1cc(F)c(F)c(F)c1)N1CCC(CCO)(c2ccc(Cl)c(Cl)c2)C1. The lowest BCUT2D eigenvalue weighted by Gasteiger charge is -2.30. The fraction of sp³-hybridized carbons (Fsp3) is 0.316. The Morgan fingerprint density at radius 2 is 1.78 bits per heavy atom. The number of aliphatic hydroxyl groups is 1. The Kier molecular flexibility index (Phi) is 5.70. The third-order valence-electron chi connectivity index (χ3n) is 4.99. The summed E-state index contributed by atoms with van der Waals surface area (Å²) in [5.74, 6) is -5.04. The molecule has 1 atom stereocenters. The molecule has 0 bridgehead atoms. The number of benzene rings is 2. The number of likely N-dealkylation sites (tertiary alicyclic amines) is 1. The summed E-state index contributed by atoms with van der Waals surface area (Å²) in [7, 11) is 0. The third kappa shape index (κ3) is 3.79. The van der Waals surface area contributed by atoms with Gasteiger partial charge >= 0.3 is 0 Å². The largest absolute Gasteiger partial charge is 0.396 e. The molecule has 27 heavy (non-hydrogen) atoms. The molecule has 0 saturated carbocycles.